The summed E-state index contributed by atoms with van der Waals surface area (Å²) in [5.41, 5.74) is 2.43. The SMILES string of the molecule is CCc1c(C)nc2n(c1=O)CC(C(=O)NCCc1ccc(F)cc1)CS2. The molecule has 0 spiro atoms. The zero-order valence-electron chi connectivity index (χ0n) is 14.9. The van der Waals surface area contributed by atoms with E-state index in [9.17, 15) is 14.0 Å². The van der Waals surface area contributed by atoms with Gasteiger partial charge in [0.1, 0.15) is 5.82 Å². The van der Waals surface area contributed by atoms with Gasteiger partial charge in [-0.05, 0) is 37.5 Å². The van der Waals surface area contributed by atoms with E-state index in [0.717, 1.165) is 11.3 Å². The van der Waals surface area contributed by atoms with E-state index >= 15 is 0 Å². The number of nitrogens with one attached hydrogen (secondary N) is 1. The Hall–Kier alpha value is -2.15. The van der Waals surface area contributed by atoms with E-state index < -0.39 is 0 Å². The first-order valence-corrected chi connectivity index (χ1v) is 9.73. The summed E-state index contributed by atoms with van der Waals surface area (Å²) in [6, 6.07) is 6.26. The van der Waals surface area contributed by atoms with Gasteiger partial charge in [-0.2, -0.15) is 0 Å². The van der Waals surface area contributed by atoms with Gasteiger partial charge in [-0.25, -0.2) is 9.37 Å². The first kappa shape index (κ1) is 18.6. The predicted molar refractivity (Wildman–Crippen MR) is 99.9 cm³/mol. The number of rotatable bonds is 5. The number of nitrogens with zero attached hydrogens (tertiary/aromatic N) is 2. The van der Waals surface area contributed by atoms with Crippen molar-refractivity contribution >= 4 is 17.7 Å². The summed E-state index contributed by atoms with van der Waals surface area (Å²) >= 11 is 1.45. The molecular weight excluding hydrogens is 353 g/mol. The highest BCUT2D eigenvalue weighted by Crippen LogP contribution is 2.26. The fourth-order valence-electron chi connectivity index (χ4n) is 3.09. The Morgan fingerprint density at radius 1 is 1.38 bits per heavy atom. The van der Waals surface area contributed by atoms with Crippen LogP contribution in [0.15, 0.2) is 34.2 Å². The third kappa shape index (κ3) is 3.98. The maximum atomic E-state index is 12.9. The van der Waals surface area contributed by atoms with Crippen molar-refractivity contribution in [1.29, 1.82) is 0 Å². The molecule has 1 amide bonds. The topological polar surface area (TPSA) is 64.0 Å². The van der Waals surface area contributed by atoms with Gasteiger partial charge in [0.15, 0.2) is 5.16 Å². The molecule has 0 aliphatic carbocycles. The van der Waals surface area contributed by atoms with E-state index in [0.29, 0.717) is 42.4 Å². The highest BCUT2D eigenvalue weighted by atomic mass is 32.2. The smallest absolute Gasteiger partial charge is 0.257 e. The van der Waals surface area contributed by atoms with Crippen LogP contribution in [0.3, 0.4) is 0 Å². The lowest BCUT2D eigenvalue weighted by atomic mass is 10.1. The Labute approximate surface area is 156 Å². The summed E-state index contributed by atoms with van der Waals surface area (Å²) in [6.07, 6.45) is 1.28. The molecule has 0 fully saturated rings. The molecule has 1 aromatic heterocycles. The van der Waals surface area contributed by atoms with Crippen molar-refractivity contribution in [3.8, 4) is 0 Å². The third-order valence-corrected chi connectivity index (χ3v) is 5.74. The highest BCUT2D eigenvalue weighted by Gasteiger charge is 2.27. The Balaban J connectivity index is 1.62. The third-order valence-electron chi connectivity index (χ3n) is 4.60. The van der Waals surface area contributed by atoms with E-state index in [2.05, 4.69) is 10.3 Å². The molecule has 0 bridgehead atoms. The molecule has 1 atom stereocenters. The second kappa shape index (κ2) is 8.03. The van der Waals surface area contributed by atoms with E-state index in [-0.39, 0.29) is 23.2 Å². The van der Waals surface area contributed by atoms with Gasteiger partial charge in [0, 0.05) is 30.1 Å². The molecule has 3 rings (SSSR count). The van der Waals surface area contributed by atoms with Crippen LogP contribution in [0.2, 0.25) is 0 Å². The van der Waals surface area contributed by atoms with Crippen LogP contribution < -0.4 is 10.9 Å². The Morgan fingerprint density at radius 3 is 2.81 bits per heavy atom. The van der Waals surface area contributed by atoms with Crippen LogP contribution in [0.5, 0.6) is 0 Å². The molecule has 26 heavy (non-hydrogen) atoms. The molecule has 138 valence electrons. The molecule has 2 aromatic rings. The van der Waals surface area contributed by atoms with Crippen LogP contribution in [-0.2, 0) is 24.2 Å². The zero-order valence-corrected chi connectivity index (χ0v) is 15.7. The molecule has 0 saturated carbocycles. The fourth-order valence-corrected chi connectivity index (χ4v) is 4.21. The molecule has 0 saturated heterocycles. The zero-order chi connectivity index (χ0) is 18.7. The molecule has 1 aliphatic rings. The molecule has 1 aromatic carbocycles. The van der Waals surface area contributed by atoms with Gasteiger partial charge in [-0.1, -0.05) is 30.8 Å². The minimum atomic E-state index is -0.267. The maximum absolute atomic E-state index is 12.9. The number of hydrogen-bond acceptors (Lipinski definition) is 4. The molecule has 7 heteroatoms. The van der Waals surface area contributed by atoms with Gasteiger partial charge in [-0.15, -0.1) is 0 Å². The van der Waals surface area contributed by atoms with Crippen molar-refractivity contribution in [2.45, 2.75) is 38.4 Å². The van der Waals surface area contributed by atoms with Crippen LogP contribution in [0, 0.1) is 18.7 Å². The molecule has 1 aliphatic heterocycles. The van der Waals surface area contributed by atoms with Gasteiger partial charge >= 0.3 is 0 Å². The van der Waals surface area contributed by atoms with Gasteiger partial charge < -0.3 is 5.32 Å². The average molecular weight is 375 g/mol. The Kier molecular flexibility index (Phi) is 5.76. The molecular formula is C19H22FN3O2S. The summed E-state index contributed by atoms with van der Waals surface area (Å²) < 4.78 is 14.5. The van der Waals surface area contributed by atoms with Gasteiger partial charge in [0.2, 0.25) is 5.91 Å². The van der Waals surface area contributed by atoms with Crippen molar-refractivity contribution < 1.29 is 9.18 Å². The van der Waals surface area contributed by atoms with Crippen LogP contribution in [0.25, 0.3) is 0 Å². The lowest BCUT2D eigenvalue weighted by molar-refractivity contribution is -0.124. The van der Waals surface area contributed by atoms with Crippen molar-refractivity contribution in [2.24, 2.45) is 5.92 Å². The monoisotopic (exact) mass is 375 g/mol. The molecule has 1 unspecified atom stereocenters. The first-order valence-electron chi connectivity index (χ1n) is 8.74. The predicted octanol–water partition coefficient (Wildman–Crippen LogP) is 2.33. The van der Waals surface area contributed by atoms with Crippen LogP contribution >= 0.6 is 11.8 Å². The van der Waals surface area contributed by atoms with Gasteiger partial charge in [0.05, 0.1) is 5.92 Å². The van der Waals surface area contributed by atoms with Crippen LogP contribution in [-0.4, -0.2) is 27.8 Å². The first-order chi connectivity index (χ1) is 12.5. The minimum absolute atomic E-state index is 0.0358. The quantitative estimate of drug-likeness (QED) is 0.815. The minimum Gasteiger partial charge on any atom is -0.355 e. The lowest BCUT2D eigenvalue weighted by Gasteiger charge is -2.25. The Morgan fingerprint density at radius 2 is 2.12 bits per heavy atom. The number of fused-ring (bicyclic) bond motifs is 1. The van der Waals surface area contributed by atoms with E-state index in [1.807, 2.05) is 13.8 Å². The van der Waals surface area contributed by atoms with E-state index in [1.165, 1.54) is 23.9 Å². The largest absolute Gasteiger partial charge is 0.355 e. The number of carbonyl (C=O) groups excluding carboxylic acids is 1. The second-order valence-electron chi connectivity index (χ2n) is 6.40. The molecule has 1 N–H and O–H groups in total. The summed E-state index contributed by atoms with van der Waals surface area (Å²) in [7, 11) is 0. The number of thioether (sulfide) groups is 1. The Bertz CT molecular complexity index is 864. The van der Waals surface area contributed by atoms with E-state index in [4.69, 9.17) is 0 Å². The number of aromatic nitrogens is 2. The number of carbonyl (C=O) groups is 1. The maximum Gasteiger partial charge on any atom is 0.257 e. The normalized spacial score (nSPS) is 16.2. The van der Waals surface area contributed by atoms with Gasteiger partial charge in [-0.3, -0.25) is 14.2 Å². The second-order valence-corrected chi connectivity index (χ2v) is 7.39. The molecule has 2 heterocycles. The summed E-state index contributed by atoms with van der Waals surface area (Å²) in [5.74, 6) is 0.0274. The summed E-state index contributed by atoms with van der Waals surface area (Å²) in [6.45, 7) is 4.65. The highest BCUT2D eigenvalue weighted by molar-refractivity contribution is 7.99. The molecule has 0 radical (unpaired) electrons. The summed E-state index contributed by atoms with van der Waals surface area (Å²) in [4.78, 5) is 29.6. The van der Waals surface area contributed by atoms with Crippen LogP contribution in [0.4, 0.5) is 4.39 Å². The number of aryl methyl sites for hydroxylation is 1. The van der Waals surface area contributed by atoms with Crippen molar-refractivity contribution in [3.63, 3.8) is 0 Å². The summed E-state index contributed by atoms with van der Waals surface area (Å²) in [5, 5.41) is 3.62. The van der Waals surface area contributed by atoms with E-state index in [1.54, 1.807) is 16.7 Å². The average Bonchev–Trinajstić information content (AvgIpc) is 2.63. The van der Waals surface area contributed by atoms with Crippen molar-refractivity contribution in [3.05, 3.63) is 57.3 Å². The lowest BCUT2D eigenvalue weighted by Crippen LogP contribution is -2.41. The van der Waals surface area contributed by atoms with Crippen molar-refractivity contribution in [1.82, 2.24) is 14.9 Å². The number of hydrogen-bond donors (Lipinski definition) is 1. The number of benzene rings is 1. The number of halogens is 1. The van der Waals surface area contributed by atoms with Crippen molar-refractivity contribution in [2.75, 3.05) is 12.3 Å². The number of amides is 1. The fraction of sp³-hybridized carbons (Fsp3) is 0.421. The molecule has 5 nitrogen and oxygen atoms in total. The van der Waals surface area contributed by atoms with Crippen LogP contribution in [0.1, 0.15) is 23.7 Å². The van der Waals surface area contributed by atoms with Gasteiger partial charge in [0.25, 0.3) is 5.56 Å². The standard InChI is InChI=1S/C19H22FN3O2S/c1-3-16-12(2)22-19-23(18(16)25)10-14(11-26-19)17(24)21-9-8-13-4-6-15(20)7-5-13/h4-7,14H,3,8-11H2,1-2H3,(H,21,24).